The molecule has 0 atom stereocenters. The van der Waals surface area contributed by atoms with Crippen molar-refractivity contribution in [3.63, 3.8) is 0 Å². The monoisotopic (exact) mass is 388 g/mol. The molecule has 2 rings (SSSR count). The van der Waals surface area contributed by atoms with E-state index in [2.05, 4.69) is 31.4 Å². The Hall–Kier alpha value is -2.37. The van der Waals surface area contributed by atoms with Gasteiger partial charge in [0.15, 0.2) is 6.61 Å². The topological polar surface area (TPSA) is 84.5 Å². The van der Waals surface area contributed by atoms with Gasteiger partial charge in [-0.15, -0.1) is 0 Å². The molecule has 6 nitrogen and oxygen atoms in total. The van der Waals surface area contributed by atoms with Crippen LogP contribution in [0.3, 0.4) is 0 Å². The lowest BCUT2D eigenvalue weighted by Gasteiger charge is -2.36. The third-order valence-corrected chi connectivity index (χ3v) is 5.38. The molecule has 0 aliphatic heterocycles. The summed E-state index contributed by atoms with van der Waals surface area (Å²) in [4.78, 5) is 36.2. The molecule has 1 aromatic rings. The Labute approximate surface area is 167 Å². The Kier molecular flexibility index (Phi) is 7.61. The second-order valence-electron chi connectivity index (χ2n) is 8.51. The average molecular weight is 389 g/mol. The van der Waals surface area contributed by atoms with Crippen LogP contribution in [0, 0.1) is 17.3 Å². The maximum absolute atomic E-state index is 12.3. The van der Waals surface area contributed by atoms with Crippen molar-refractivity contribution in [3.8, 4) is 0 Å². The lowest BCUT2D eigenvalue weighted by Crippen LogP contribution is -2.31. The number of hydrogen-bond donors (Lipinski definition) is 2. The van der Waals surface area contributed by atoms with Gasteiger partial charge in [-0.05, 0) is 62.1 Å². The normalized spacial score (nSPS) is 19.6. The van der Waals surface area contributed by atoms with Crippen molar-refractivity contribution in [1.82, 2.24) is 5.32 Å². The van der Waals surface area contributed by atoms with E-state index in [9.17, 15) is 14.4 Å². The highest BCUT2D eigenvalue weighted by molar-refractivity contribution is 5.97. The maximum atomic E-state index is 12.3. The maximum Gasteiger partial charge on any atom is 0.309 e. The third-order valence-electron chi connectivity index (χ3n) is 5.38. The molecule has 0 spiro atoms. The van der Waals surface area contributed by atoms with Gasteiger partial charge in [0.25, 0.3) is 11.8 Å². The first-order valence-electron chi connectivity index (χ1n) is 10.1. The van der Waals surface area contributed by atoms with Crippen LogP contribution in [0.1, 0.15) is 63.7 Å². The van der Waals surface area contributed by atoms with Gasteiger partial charge in [-0.3, -0.25) is 14.4 Å². The molecule has 0 heterocycles. The smallest absolute Gasteiger partial charge is 0.309 e. The van der Waals surface area contributed by atoms with E-state index in [0.29, 0.717) is 23.7 Å². The minimum atomic E-state index is -0.412. The molecule has 0 saturated heterocycles. The molecule has 154 valence electrons. The van der Waals surface area contributed by atoms with Gasteiger partial charge in [0, 0.05) is 17.8 Å². The molecule has 2 amide bonds. The number of hydrogen-bond acceptors (Lipinski definition) is 4. The van der Waals surface area contributed by atoms with E-state index in [4.69, 9.17) is 4.74 Å². The van der Waals surface area contributed by atoms with Crippen LogP contribution < -0.4 is 10.6 Å². The van der Waals surface area contributed by atoms with Crippen LogP contribution in [0.15, 0.2) is 24.3 Å². The highest BCUT2D eigenvalue weighted by Gasteiger charge is 2.33. The second-order valence-corrected chi connectivity index (χ2v) is 8.51. The zero-order valence-electron chi connectivity index (χ0n) is 17.3. The molecule has 1 aromatic carbocycles. The van der Waals surface area contributed by atoms with Crippen LogP contribution in [-0.4, -0.2) is 30.9 Å². The van der Waals surface area contributed by atoms with Crippen LogP contribution in [-0.2, 0) is 14.3 Å². The van der Waals surface area contributed by atoms with Crippen molar-refractivity contribution in [2.75, 3.05) is 18.5 Å². The SMILES string of the molecule is CCNC(=O)c1cccc(NC(=O)COC(=O)C2CCC(C(C)(C)C)CC2)c1. The van der Waals surface area contributed by atoms with Gasteiger partial charge in [0.05, 0.1) is 5.92 Å². The molecule has 0 aromatic heterocycles. The number of carbonyl (C=O) groups excluding carboxylic acids is 3. The molecule has 1 fully saturated rings. The lowest BCUT2D eigenvalue weighted by molar-refractivity contribution is -0.153. The highest BCUT2D eigenvalue weighted by atomic mass is 16.5. The fraction of sp³-hybridized carbons (Fsp3) is 0.591. The van der Waals surface area contributed by atoms with E-state index in [1.165, 1.54) is 0 Å². The number of benzene rings is 1. The number of esters is 1. The van der Waals surface area contributed by atoms with Gasteiger partial charge < -0.3 is 15.4 Å². The number of ether oxygens (including phenoxy) is 1. The van der Waals surface area contributed by atoms with Crippen LogP contribution in [0.25, 0.3) is 0 Å². The standard InChI is InChI=1S/C22H32N2O4/c1-5-23-20(26)16-7-6-8-18(13-16)24-19(25)14-28-21(27)15-9-11-17(12-10-15)22(2,3)4/h6-8,13,15,17H,5,9-12,14H2,1-4H3,(H,23,26)(H,24,25). The number of anilines is 1. The Morgan fingerprint density at radius 1 is 1.11 bits per heavy atom. The van der Waals surface area contributed by atoms with Gasteiger partial charge in [-0.25, -0.2) is 0 Å². The van der Waals surface area contributed by atoms with E-state index in [-0.39, 0.29) is 29.8 Å². The fourth-order valence-electron chi connectivity index (χ4n) is 3.65. The van der Waals surface area contributed by atoms with Crippen LogP contribution in [0.2, 0.25) is 0 Å². The van der Waals surface area contributed by atoms with Crippen molar-refractivity contribution in [2.45, 2.75) is 53.4 Å². The predicted molar refractivity (Wildman–Crippen MR) is 109 cm³/mol. The summed E-state index contributed by atoms with van der Waals surface area (Å²) in [5.74, 6) is -0.399. The molecule has 6 heteroatoms. The molecule has 1 aliphatic carbocycles. The van der Waals surface area contributed by atoms with E-state index >= 15 is 0 Å². The van der Waals surface area contributed by atoms with E-state index < -0.39 is 5.91 Å². The Morgan fingerprint density at radius 2 is 1.79 bits per heavy atom. The molecule has 0 bridgehead atoms. The first-order valence-corrected chi connectivity index (χ1v) is 10.1. The molecule has 0 unspecified atom stereocenters. The lowest BCUT2D eigenvalue weighted by atomic mass is 9.70. The molecule has 28 heavy (non-hydrogen) atoms. The number of carbonyl (C=O) groups is 3. The zero-order chi connectivity index (χ0) is 20.7. The molecule has 2 N–H and O–H groups in total. The average Bonchev–Trinajstić information content (AvgIpc) is 2.66. The van der Waals surface area contributed by atoms with Crippen LogP contribution in [0.4, 0.5) is 5.69 Å². The van der Waals surface area contributed by atoms with Gasteiger partial charge in [-0.2, -0.15) is 0 Å². The Bertz CT molecular complexity index is 701. The third kappa shape index (κ3) is 6.36. The van der Waals surface area contributed by atoms with E-state index in [1.54, 1.807) is 24.3 Å². The second kappa shape index (κ2) is 9.71. The quantitative estimate of drug-likeness (QED) is 0.727. The Balaban J connectivity index is 1.79. The molecular formula is C22H32N2O4. The van der Waals surface area contributed by atoms with Gasteiger partial charge in [-0.1, -0.05) is 26.8 Å². The summed E-state index contributed by atoms with van der Waals surface area (Å²) < 4.78 is 5.22. The van der Waals surface area contributed by atoms with Crippen molar-refractivity contribution < 1.29 is 19.1 Å². The predicted octanol–water partition coefficient (Wildman–Crippen LogP) is 3.77. The number of amides is 2. The van der Waals surface area contributed by atoms with Gasteiger partial charge in [0.1, 0.15) is 0 Å². The zero-order valence-corrected chi connectivity index (χ0v) is 17.3. The van der Waals surface area contributed by atoms with Gasteiger partial charge >= 0.3 is 5.97 Å². The first-order chi connectivity index (χ1) is 13.2. The summed E-state index contributed by atoms with van der Waals surface area (Å²) in [6, 6.07) is 6.66. The molecule has 1 aliphatic rings. The number of nitrogens with one attached hydrogen (secondary N) is 2. The van der Waals surface area contributed by atoms with Crippen molar-refractivity contribution in [1.29, 1.82) is 0 Å². The Morgan fingerprint density at radius 3 is 2.39 bits per heavy atom. The van der Waals surface area contributed by atoms with Crippen molar-refractivity contribution in [3.05, 3.63) is 29.8 Å². The molecule has 1 saturated carbocycles. The summed E-state index contributed by atoms with van der Waals surface area (Å²) in [5, 5.41) is 5.38. The molecule has 0 radical (unpaired) electrons. The van der Waals surface area contributed by atoms with E-state index in [0.717, 1.165) is 25.7 Å². The first kappa shape index (κ1) is 21.9. The van der Waals surface area contributed by atoms with Crippen LogP contribution in [0.5, 0.6) is 0 Å². The fourth-order valence-corrected chi connectivity index (χ4v) is 3.65. The van der Waals surface area contributed by atoms with Crippen molar-refractivity contribution in [2.24, 2.45) is 17.3 Å². The summed E-state index contributed by atoms with van der Waals surface area (Å²) in [5.41, 5.74) is 1.22. The summed E-state index contributed by atoms with van der Waals surface area (Å²) >= 11 is 0. The summed E-state index contributed by atoms with van der Waals surface area (Å²) in [6.45, 7) is 8.77. The summed E-state index contributed by atoms with van der Waals surface area (Å²) in [7, 11) is 0. The largest absolute Gasteiger partial charge is 0.455 e. The summed E-state index contributed by atoms with van der Waals surface area (Å²) in [6.07, 6.45) is 3.66. The van der Waals surface area contributed by atoms with E-state index in [1.807, 2.05) is 6.92 Å². The molecular weight excluding hydrogens is 356 g/mol. The van der Waals surface area contributed by atoms with Crippen molar-refractivity contribution >= 4 is 23.5 Å². The minimum absolute atomic E-state index is 0.118. The minimum Gasteiger partial charge on any atom is -0.455 e. The van der Waals surface area contributed by atoms with Crippen LogP contribution >= 0.6 is 0 Å². The highest BCUT2D eigenvalue weighted by Crippen LogP contribution is 2.40. The number of rotatable bonds is 6. The van der Waals surface area contributed by atoms with Gasteiger partial charge in [0.2, 0.25) is 0 Å².